The lowest BCUT2D eigenvalue weighted by molar-refractivity contribution is -0.618. The van der Waals surface area contributed by atoms with E-state index in [1.165, 1.54) is 7.11 Å². The second kappa shape index (κ2) is 5.87. The maximum atomic E-state index is 12.2. The number of piperidine rings is 1. The van der Waals surface area contributed by atoms with E-state index < -0.39 is 30.0 Å². The number of nitrogens with zero attached hydrogens (tertiary/aromatic N) is 1. The van der Waals surface area contributed by atoms with Gasteiger partial charge in [-0.2, -0.15) is 0 Å². The average molecular weight is 304 g/mol. The summed E-state index contributed by atoms with van der Waals surface area (Å²) in [5, 5.41) is 0. The molecule has 4 atom stereocenters. The van der Waals surface area contributed by atoms with Gasteiger partial charge in [0.2, 0.25) is 12.1 Å². The molecular formula is C16H18NO5+. The smallest absolute Gasteiger partial charge is 0.338 e. The first kappa shape index (κ1) is 14.7. The van der Waals surface area contributed by atoms with Crippen molar-refractivity contribution in [3.05, 3.63) is 40.8 Å². The molecule has 0 saturated carbocycles. The predicted octanol–water partition coefficient (Wildman–Crippen LogP) is 1.71. The number of fused-ring (bicyclic) bond motifs is 2. The zero-order valence-electron chi connectivity index (χ0n) is 12.3. The van der Waals surface area contributed by atoms with Gasteiger partial charge < -0.3 is 9.47 Å². The number of hydrogen-bond donors (Lipinski definition) is 0. The van der Waals surface area contributed by atoms with Crippen molar-refractivity contribution in [3.63, 3.8) is 0 Å². The number of esters is 2. The summed E-state index contributed by atoms with van der Waals surface area (Å²) in [4.78, 5) is 36.4. The Bertz CT molecular complexity index is 600. The van der Waals surface area contributed by atoms with Gasteiger partial charge >= 0.3 is 11.9 Å². The lowest BCUT2D eigenvalue weighted by Gasteiger charge is -2.28. The Hall–Kier alpha value is -2.24. The number of ether oxygens (including phenoxy) is 2. The number of carbonyl (C=O) groups is 2. The van der Waals surface area contributed by atoms with Gasteiger partial charge in [0, 0.05) is 22.5 Å². The number of carbonyl (C=O) groups excluding carboxylic acids is 2. The monoisotopic (exact) mass is 304 g/mol. The summed E-state index contributed by atoms with van der Waals surface area (Å²) in [6, 6.07) is 7.99. The van der Waals surface area contributed by atoms with Crippen LogP contribution >= 0.6 is 0 Å². The van der Waals surface area contributed by atoms with E-state index in [1.54, 1.807) is 24.3 Å². The van der Waals surface area contributed by atoms with Crippen molar-refractivity contribution in [2.24, 2.45) is 5.92 Å². The van der Waals surface area contributed by atoms with Crippen molar-refractivity contribution >= 4 is 11.9 Å². The van der Waals surface area contributed by atoms with Crippen molar-refractivity contribution in [1.82, 2.24) is 0 Å². The Balaban J connectivity index is 1.80. The fourth-order valence-electron chi connectivity index (χ4n) is 3.46. The minimum Gasteiger partial charge on any atom is -0.468 e. The SMILES string of the molecule is COC(=O)C1C(OC(=O)c2ccccc2)CC2CC[C@H]1[N+]2=O. The molecule has 2 fully saturated rings. The van der Waals surface area contributed by atoms with E-state index in [4.69, 9.17) is 9.47 Å². The van der Waals surface area contributed by atoms with Crippen LogP contribution in [-0.4, -0.2) is 42.0 Å². The number of nitroso groups, excluding NO2 is 1. The van der Waals surface area contributed by atoms with E-state index in [0.717, 1.165) is 11.2 Å². The Labute approximate surface area is 128 Å². The van der Waals surface area contributed by atoms with Crippen molar-refractivity contribution < 1.29 is 23.8 Å². The van der Waals surface area contributed by atoms with Crippen LogP contribution in [0.15, 0.2) is 30.3 Å². The molecule has 3 unspecified atom stereocenters. The Morgan fingerprint density at radius 3 is 2.59 bits per heavy atom. The molecule has 2 aliphatic heterocycles. The van der Waals surface area contributed by atoms with Gasteiger partial charge in [0.15, 0.2) is 5.92 Å². The first-order valence-electron chi connectivity index (χ1n) is 7.41. The van der Waals surface area contributed by atoms with Crippen molar-refractivity contribution in [1.29, 1.82) is 0 Å². The standard InChI is InChI=1S/C16H18NO5/c1-21-16(19)14-12-8-7-11(17(12)20)9-13(14)22-15(18)10-5-3-2-4-6-10/h2-6,11-14H,7-9H2,1H3/q+1/t11?,12-,13?,14?/m1/s1. The lowest BCUT2D eigenvalue weighted by Crippen LogP contribution is -2.50. The van der Waals surface area contributed by atoms with Gasteiger partial charge in [-0.15, -0.1) is 0 Å². The summed E-state index contributed by atoms with van der Waals surface area (Å²) in [6.07, 6.45) is 1.12. The molecule has 0 amide bonds. The first-order chi connectivity index (χ1) is 10.6. The summed E-state index contributed by atoms with van der Waals surface area (Å²) >= 11 is 0. The van der Waals surface area contributed by atoms with E-state index in [1.807, 2.05) is 6.07 Å². The van der Waals surface area contributed by atoms with Crippen LogP contribution in [0.25, 0.3) is 0 Å². The third-order valence-corrected chi connectivity index (χ3v) is 4.54. The molecule has 6 nitrogen and oxygen atoms in total. The molecule has 1 aromatic rings. The summed E-state index contributed by atoms with van der Waals surface area (Å²) in [5.41, 5.74) is 0.433. The van der Waals surface area contributed by atoms with Crippen molar-refractivity contribution in [2.45, 2.75) is 37.5 Å². The highest BCUT2D eigenvalue weighted by Crippen LogP contribution is 2.38. The van der Waals surface area contributed by atoms with Crippen molar-refractivity contribution in [2.75, 3.05) is 7.11 Å². The van der Waals surface area contributed by atoms with Gasteiger partial charge in [0.05, 0.1) is 19.1 Å². The van der Waals surface area contributed by atoms with E-state index in [2.05, 4.69) is 0 Å². The summed E-state index contributed by atoms with van der Waals surface area (Å²) < 4.78 is 11.3. The second-order valence-electron chi connectivity index (χ2n) is 5.75. The van der Waals surface area contributed by atoms with Gasteiger partial charge in [0.1, 0.15) is 6.10 Å². The average Bonchev–Trinajstić information content (AvgIpc) is 2.78. The number of benzene rings is 1. The molecule has 0 N–H and O–H groups in total. The molecule has 2 heterocycles. The lowest BCUT2D eigenvalue weighted by atomic mass is 9.88. The van der Waals surface area contributed by atoms with Crippen LogP contribution in [0.3, 0.4) is 0 Å². The molecule has 0 spiro atoms. The molecule has 0 aromatic heterocycles. The summed E-state index contributed by atoms with van der Waals surface area (Å²) in [5.74, 6) is -1.68. The molecular weight excluding hydrogens is 286 g/mol. The normalized spacial score (nSPS) is 30.0. The highest BCUT2D eigenvalue weighted by atomic mass is 16.6. The molecule has 0 aliphatic carbocycles. The van der Waals surface area contributed by atoms with Crippen LogP contribution in [0.2, 0.25) is 0 Å². The highest BCUT2D eigenvalue weighted by Gasteiger charge is 2.59. The third-order valence-electron chi connectivity index (χ3n) is 4.54. The fourth-order valence-corrected chi connectivity index (χ4v) is 3.46. The Kier molecular flexibility index (Phi) is 3.92. The summed E-state index contributed by atoms with van der Waals surface area (Å²) in [6.45, 7) is 0. The topological polar surface area (TPSA) is 72.7 Å². The number of methoxy groups -OCH3 is 1. The van der Waals surface area contributed by atoms with Gasteiger partial charge in [-0.1, -0.05) is 18.2 Å². The minimum absolute atomic E-state index is 0.181. The number of rotatable bonds is 3. The van der Waals surface area contributed by atoms with Crippen molar-refractivity contribution in [3.8, 4) is 0 Å². The van der Waals surface area contributed by atoms with Gasteiger partial charge in [-0.3, -0.25) is 4.79 Å². The van der Waals surface area contributed by atoms with Crippen LogP contribution in [0.5, 0.6) is 0 Å². The minimum atomic E-state index is -0.714. The van der Waals surface area contributed by atoms with Crippen LogP contribution < -0.4 is 0 Å². The Morgan fingerprint density at radius 1 is 1.18 bits per heavy atom. The van der Waals surface area contributed by atoms with Crippen LogP contribution in [0, 0.1) is 10.8 Å². The second-order valence-corrected chi connectivity index (χ2v) is 5.75. The number of hydrogen-bond acceptors (Lipinski definition) is 5. The van der Waals surface area contributed by atoms with E-state index in [9.17, 15) is 14.5 Å². The third kappa shape index (κ3) is 2.49. The molecule has 3 rings (SSSR count). The molecule has 2 saturated heterocycles. The van der Waals surface area contributed by atoms with E-state index in [0.29, 0.717) is 18.4 Å². The maximum Gasteiger partial charge on any atom is 0.338 e. The fraction of sp³-hybridized carbons (Fsp3) is 0.500. The molecule has 1 aromatic carbocycles. The first-order valence-corrected chi connectivity index (χ1v) is 7.41. The zero-order chi connectivity index (χ0) is 15.7. The largest absolute Gasteiger partial charge is 0.468 e. The molecule has 22 heavy (non-hydrogen) atoms. The predicted molar refractivity (Wildman–Crippen MR) is 76.2 cm³/mol. The van der Waals surface area contributed by atoms with Crippen LogP contribution in [-0.2, 0) is 14.3 Å². The molecule has 0 radical (unpaired) electrons. The summed E-state index contributed by atoms with van der Waals surface area (Å²) in [7, 11) is 1.29. The van der Waals surface area contributed by atoms with E-state index >= 15 is 0 Å². The Morgan fingerprint density at radius 2 is 1.91 bits per heavy atom. The van der Waals surface area contributed by atoms with Crippen LogP contribution in [0.4, 0.5) is 0 Å². The molecule has 2 aliphatic rings. The van der Waals surface area contributed by atoms with Gasteiger partial charge in [-0.05, 0) is 12.1 Å². The maximum absolute atomic E-state index is 12.2. The molecule has 2 bridgehead atoms. The quantitative estimate of drug-likeness (QED) is 0.628. The molecule has 116 valence electrons. The zero-order valence-corrected chi connectivity index (χ0v) is 12.3. The van der Waals surface area contributed by atoms with E-state index in [-0.39, 0.29) is 6.04 Å². The molecule has 6 heteroatoms. The van der Waals surface area contributed by atoms with Gasteiger partial charge in [-0.25, -0.2) is 4.79 Å². The highest BCUT2D eigenvalue weighted by molar-refractivity contribution is 5.89. The van der Waals surface area contributed by atoms with Crippen LogP contribution in [0.1, 0.15) is 29.6 Å². The van der Waals surface area contributed by atoms with Gasteiger partial charge in [0.25, 0.3) is 0 Å².